The third kappa shape index (κ3) is 11.8. The minimum atomic E-state index is -1.26. The predicted octanol–water partition coefficient (Wildman–Crippen LogP) is -1.17. The number of carbonyl (C=O) groups is 6. The molecule has 0 aliphatic rings. The number of nitro benzene ring substituents is 1. The highest BCUT2D eigenvalue weighted by atomic mass is 32.1. The van der Waals surface area contributed by atoms with Gasteiger partial charge in [-0.2, -0.15) is 25.3 Å². The maximum atomic E-state index is 12.9. The summed E-state index contributed by atoms with van der Waals surface area (Å²) in [5.74, 6) is -4.14. The number of nitrogens with two attached hydrogens (primary N) is 2. The molecule has 0 radical (unpaired) electrons. The van der Waals surface area contributed by atoms with E-state index in [1.165, 1.54) is 31.2 Å². The number of non-ortho nitro benzene ring substituents is 1. The zero-order valence-corrected chi connectivity index (χ0v) is 26.0. The molecule has 0 unspecified atom stereocenters. The van der Waals surface area contributed by atoms with E-state index >= 15 is 0 Å². The molecule has 15 nitrogen and oxygen atoms in total. The second kappa shape index (κ2) is 17.7. The number of benzene rings is 2. The molecule has 8 N–H and O–H groups in total. The van der Waals surface area contributed by atoms with Crippen molar-refractivity contribution in [1.82, 2.24) is 21.3 Å². The van der Waals surface area contributed by atoms with Gasteiger partial charge in [-0.1, -0.05) is 36.4 Å². The fourth-order valence-corrected chi connectivity index (χ4v) is 4.44. The van der Waals surface area contributed by atoms with Gasteiger partial charge >= 0.3 is 0 Å². The molecule has 0 spiro atoms. The van der Waals surface area contributed by atoms with Gasteiger partial charge in [-0.15, -0.1) is 0 Å². The first-order chi connectivity index (χ1) is 21.2. The molecule has 242 valence electrons. The van der Waals surface area contributed by atoms with Crippen molar-refractivity contribution in [2.24, 2.45) is 11.5 Å². The molecule has 0 saturated carbocycles. The molecule has 5 amide bonds. The number of carbonyl (C=O) groups excluding carboxylic acids is 6. The second-order valence-electron chi connectivity index (χ2n) is 9.92. The van der Waals surface area contributed by atoms with Crippen LogP contribution in [-0.4, -0.2) is 82.5 Å². The third-order valence-electron chi connectivity index (χ3n) is 6.47. The number of hydrogen-bond acceptors (Lipinski definition) is 11. The van der Waals surface area contributed by atoms with Crippen molar-refractivity contribution >= 4 is 66.3 Å². The van der Waals surface area contributed by atoms with E-state index < -0.39 is 65.2 Å². The van der Waals surface area contributed by atoms with Crippen LogP contribution in [-0.2, 0) is 36.8 Å². The lowest BCUT2D eigenvalue weighted by Gasteiger charge is -2.22. The Hall–Kier alpha value is -4.48. The van der Waals surface area contributed by atoms with Crippen LogP contribution in [0.15, 0.2) is 48.5 Å². The number of nitrogens with zero attached hydrogens (tertiary/aromatic N) is 1. The number of rotatable bonds is 17. The maximum absolute atomic E-state index is 12.9. The number of nitro groups is 1. The highest BCUT2D eigenvalue weighted by Gasteiger charge is 2.27. The second-order valence-corrected chi connectivity index (χ2v) is 10.6. The predicted molar refractivity (Wildman–Crippen MR) is 171 cm³/mol. The van der Waals surface area contributed by atoms with Gasteiger partial charge in [0.1, 0.15) is 18.1 Å². The first-order valence-electron chi connectivity index (χ1n) is 13.5. The largest absolute Gasteiger partial charge is 0.368 e. The first kappa shape index (κ1) is 36.7. The Bertz CT molecular complexity index is 1410. The van der Waals surface area contributed by atoms with E-state index in [1.54, 1.807) is 24.3 Å². The van der Waals surface area contributed by atoms with Crippen molar-refractivity contribution in [3.8, 4) is 0 Å². The van der Waals surface area contributed by atoms with Gasteiger partial charge in [-0.05, 0) is 24.5 Å². The van der Waals surface area contributed by atoms with Gasteiger partial charge in [0.25, 0.3) is 5.69 Å². The summed E-state index contributed by atoms with van der Waals surface area (Å²) in [4.78, 5) is 84.5. The minimum Gasteiger partial charge on any atom is -0.368 e. The lowest BCUT2D eigenvalue weighted by Crippen LogP contribution is -2.56. The molecule has 2 aromatic carbocycles. The summed E-state index contributed by atoms with van der Waals surface area (Å²) >= 11 is 8.08. The van der Waals surface area contributed by atoms with Crippen LogP contribution in [0.5, 0.6) is 0 Å². The van der Waals surface area contributed by atoms with E-state index in [4.69, 9.17) is 11.5 Å². The van der Waals surface area contributed by atoms with E-state index in [0.717, 1.165) is 0 Å². The Balaban J connectivity index is 2.01. The number of amides is 5. The Morgan fingerprint density at radius 2 is 1.31 bits per heavy atom. The molecular weight excluding hydrogens is 626 g/mol. The molecule has 0 aliphatic heterocycles. The van der Waals surface area contributed by atoms with Crippen LogP contribution in [0.1, 0.15) is 28.4 Å². The minimum absolute atomic E-state index is 0.103. The Labute approximate surface area is 269 Å². The Morgan fingerprint density at radius 1 is 0.778 bits per heavy atom. The summed E-state index contributed by atoms with van der Waals surface area (Å²) in [6.07, 6.45) is 0.0155. The fourth-order valence-electron chi connectivity index (χ4n) is 3.91. The zero-order chi connectivity index (χ0) is 33.7. The van der Waals surface area contributed by atoms with Crippen molar-refractivity contribution in [3.63, 3.8) is 0 Å². The van der Waals surface area contributed by atoms with Gasteiger partial charge in [-0.25, -0.2) is 0 Å². The summed E-state index contributed by atoms with van der Waals surface area (Å²) < 4.78 is 0. The first-order valence-corrected chi connectivity index (χ1v) is 14.8. The van der Waals surface area contributed by atoms with Gasteiger partial charge in [0.15, 0.2) is 5.78 Å². The SMILES string of the molecule is CC(=O)c1ccc(C[C@H](N)C(=O)N[C@H](CS)C(=O)NCC(=O)N[C@@H](Cc2ccc([N+](=O)[O-])cc2)C(=O)N[C@H](CS)C(N)=O)cc1. The molecule has 2 rings (SSSR count). The topological polar surface area (TPSA) is 246 Å². The Morgan fingerprint density at radius 3 is 1.82 bits per heavy atom. The summed E-state index contributed by atoms with van der Waals surface area (Å²) in [6, 6.07) is 7.29. The van der Waals surface area contributed by atoms with Crippen molar-refractivity contribution in [1.29, 1.82) is 0 Å². The molecule has 0 aliphatic carbocycles. The fraction of sp³-hybridized carbons (Fsp3) is 0.357. The monoisotopic (exact) mass is 661 g/mol. The molecule has 45 heavy (non-hydrogen) atoms. The van der Waals surface area contributed by atoms with Crippen LogP contribution in [0.25, 0.3) is 0 Å². The van der Waals surface area contributed by atoms with E-state index in [0.29, 0.717) is 16.7 Å². The summed E-state index contributed by atoms with van der Waals surface area (Å²) in [5.41, 5.74) is 12.8. The number of thiol groups is 2. The number of hydrogen-bond donors (Lipinski definition) is 8. The van der Waals surface area contributed by atoms with Gasteiger partial charge < -0.3 is 32.7 Å². The van der Waals surface area contributed by atoms with Crippen LogP contribution in [0.3, 0.4) is 0 Å². The summed E-state index contributed by atoms with van der Waals surface area (Å²) in [7, 11) is 0. The van der Waals surface area contributed by atoms with Crippen LogP contribution in [0.2, 0.25) is 0 Å². The number of nitrogens with one attached hydrogen (secondary N) is 4. The van der Waals surface area contributed by atoms with Crippen molar-refractivity contribution < 1.29 is 33.7 Å². The molecule has 0 heterocycles. The van der Waals surface area contributed by atoms with Crippen LogP contribution < -0.4 is 32.7 Å². The molecule has 0 bridgehead atoms. The number of primary amides is 1. The number of Topliss-reactive ketones (excluding diaryl/α,β-unsaturated/α-hetero) is 1. The van der Waals surface area contributed by atoms with E-state index in [9.17, 15) is 38.9 Å². The lowest BCUT2D eigenvalue weighted by molar-refractivity contribution is -0.384. The average Bonchev–Trinajstić information content (AvgIpc) is 3.00. The highest BCUT2D eigenvalue weighted by molar-refractivity contribution is 7.80. The maximum Gasteiger partial charge on any atom is 0.269 e. The number of ketones is 1. The van der Waals surface area contributed by atoms with Crippen LogP contribution in [0, 0.1) is 10.1 Å². The molecule has 0 aromatic heterocycles. The van der Waals surface area contributed by atoms with Crippen LogP contribution >= 0.6 is 25.3 Å². The molecule has 0 saturated heterocycles. The molecule has 2 aromatic rings. The van der Waals surface area contributed by atoms with E-state index in [2.05, 4.69) is 46.5 Å². The summed E-state index contributed by atoms with van der Waals surface area (Å²) in [6.45, 7) is 0.840. The van der Waals surface area contributed by atoms with Gasteiger partial charge in [-0.3, -0.25) is 38.9 Å². The molecular formula is C28H35N7O8S2. The summed E-state index contributed by atoms with van der Waals surface area (Å²) in [5, 5.41) is 20.6. The molecule has 0 fully saturated rings. The van der Waals surface area contributed by atoms with E-state index in [1.807, 2.05) is 0 Å². The van der Waals surface area contributed by atoms with Crippen molar-refractivity contribution in [2.45, 2.75) is 43.9 Å². The van der Waals surface area contributed by atoms with E-state index in [-0.39, 0.29) is 35.8 Å². The highest BCUT2D eigenvalue weighted by Crippen LogP contribution is 2.14. The van der Waals surface area contributed by atoms with Gasteiger partial charge in [0, 0.05) is 35.6 Å². The smallest absolute Gasteiger partial charge is 0.269 e. The standard InChI is InChI=1S/C28H35N7O8S2/c1-15(36)18-6-2-16(3-7-18)10-20(29)26(39)34-23(14-45)27(40)31-12-24(37)32-21(28(41)33-22(13-44)25(30)38)11-17-4-8-19(9-5-17)35(42)43/h2-9,20-23,44-45H,10-14,29H2,1H3,(H2,30,38)(H,31,40)(H,32,37)(H,33,41)(H,34,39)/t20-,21-,22+,23+/m0/s1. The van der Waals surface area contributed by atoms with Gasteiger partial charge in [0.05, 0.1) is 17.5 Å². The normalized spacial score (nSPS) is 13.3. The van der Waals surface area contributed by atoms with Gasteiger partial charge in [0.2, 0.25) is 29.5 Å². The Kier molecular flexibility index (Phi) is 14.5. The lowest BCUT2D eigenvalue weighted by atomic mass is 10.0. The quantitative estimate of drug-likeness (QED) is 0.0440. The zero-order valence-electron chi connectivity index (χ0n) is 24.2. The van der Waals surface area contributed by atoms with Crippen LogP contribution in [0.4, 0.5) is 5.69 Å². The molecule has 17 heteroatoms. The van der Waals surface area contributed by atoms with Crippen molar-refractivity contribution in [2.75, 3.05) is 18.1 Å². The molecule has 4 atom stereocenters. The average molecular weight is 662 g/mol. The third-order valence-corrected chi connectivity index (χ3v) is 7.20. The van der Waals surface area contributed by atoms with Crippen molar-refractivity contribution in [3.05, 3.63) is 75.3 Å².